The monoisotopic (exact) mass is 360 g/mol. The number of furan rings is 1. The molecule has 0 atom stereocenters. The van der Waals surface area contributed by atoms with Crippen LogP contribution in [0.25, 0.3) is 11.0 Å². The Morgan fingerprint density at radius 3 is 2.92 bits per heavy atom. The van der Waals surface area contributed by atoms with Crippen molar-refractivity contribution in [2.45, 2.75) is 33.0 Å². The molecule has 0 aliphatic carbocycles. The van der Waals surface area contributed by atoms with Gasteiger partial charge in [0.1, 0.15) is 5.58 Å². The molecule has 2 N–H and O–H groups in total. The first-order chi connectivity index (χ1) is 12.0. The Hall–Kier alpha value is -2.45. The Morgan fingerprint density at radius 2 is 2.20 bits per heavy atom. The summed E-state index contributed by atoms with van der Waals surface area (Å²) in [6.45, 7) is 4.55. The molecule has 3 rings (SSSR count). The summed E-state index contributed by atoms with van der Waals surface area (Å²) in [5, 5.41) is 10.7. The average molecular weight is 360 g/mol. The van der Waals surface area contributed by atoms with E-state index in [0.717, 1.165) is 10.9 Å². The maximum Gasteiger partial charge on any atom is 0.287 e. The third kappa shape index (κ3) is 3.35. The standard InChI is InChI=1S/C17H20N4O3S/c1-10(2)21-14(19-20-17(21)25)8-18-16(22)15-12(9-23-3)11-6-4-5-7-13(11)24-15/h4-7,10H,8-9H2,1-3H3,(H,18,22)(H,20,25). The van der Waals surface area contributed by atoms with Crippen LogP contribution in [0.15, 0.2) is 28.7 Å². The number of rotatable bonds is 6. The van der Waals surface area contributed by atoms with E-state index in [9.17, 15) is 4.79 Å². The van der Waals surface area contributed by atoms with E-state index >= 15 is 0 Å². The zero-order valence-electron chi connectivity index (χ0n) is 14.3. The van der Waals surface area contributed by atoms with Crippen LogP contribution in [-0.2, 0) is 17.9 Å². The van der Waals surface area contributed by atoms with E-state index in [-0.39, 0.29) is 24.3 Å². The van der Waals surface area contributed by atoms with Crippen molar-refractivity contribution in [2.24, 2.45) is 0 Å². The molecule has 7 nitrogen and oxygen atoms in total. The molecule has 0 aliphatic rings. The normalized spacial score (nSPS) is 11.4. The Labute approximate surface area is 150 Å². The van der Waals surface area contributed by atoms with Gasteiger partial charge in [0.25, 0.3) is 5.91 Å². The molecule has 0 radical (unpaired) electrons. The summed E-state index contributed by atoms with van der Waals surface area (Å²) in [7, 11) is 1.59. The van der Waals surface area contributed by atoms with Crippen molar-refractivity contribution in [3.05, 3.63) is 46.2 Å². The van der Waals surface area contributed by atoms with Crippen LogP contribution in [0.3, 0.4) is 0 Å². The van der Waals surface area contributed by atoms with Crippen LogP contribution in [0.1, 0.15) is 41.8 Å². The summed E-state index contributed by atoms with van der Waals surface area (Å²) in [6, 6.07) is 7.65. The summed E-state index contributed by atoms with van der Waals surface area (Å²) in [6.07, 6.45) is 0. The molecule has 0 fully saturated rings. The number of aromatic nitrogens is 3. The molecule has 1 aromatic carbocycles. The second-order valence-corrected chi connectivity index (χ2v) is 6.32. The summed E-state index contributed by atoms with van der Waals surface area (Å²) < 4.78 is 13.4. The highest BCUT2D eigenvalue weighted by atomic mass is 32.1. The van der Waals surface area contributed by atoms with Crippen LogP contribution < -0.4 is 5.32 Å². The number of hydrogen-bond donors (Lipinski definition) is 2. The van der Waals surface area contributed by atoms with E-state index in [1.807, 2.05) is 42.7 Å². The number of nitrogens with one attached hydrogen (secondary N) is 2. The van der Waals surface area contributed by atoms with Crippen molar-refractivity contribution in [3.8, 4) is 0 Å². The molecule has 25 heavy (non-hydrogen) atoms. The molecule has 2 aromatic heterocycles. The van der Waals surface area contributed by atoms with Crippen LogP contribution >= 0.6 is 12.2 Å². The van der Waals surface area contributed by atoms with E-state index in [0.29, 0.717) is 22.8 Å². The first kappa shape index (κ1) is 17.4. The summed E-state index contributed by atoms with van der Waals surface area (Å²) >= 11 is 5.22. The molecule has 132 valence electrons. The highest BCUT2D eigenvalue weighted by Crippen LogP contribution is 2.26. The van der Waals surface area contributed by atoms with Gasteiger partial charge < -0.3 is 19.0 Å². The van der Waals surface area contributed by atoms with Crippen molar-refractivity contribution in [2.75, 3.05) is 7.11 Å². The second kappa shape index (κ2) is 7.20. The van der Waals surface area contributed by atoms with Gasteiger partial charge in [-0.15, -0.1) is 0 Å². The molecule has 3 aromatic rings. The van der Waals surface area contributed by atoms with Gasteiger partial charge >= 0.3 is 0 Å². The van der Waals surface area contributed by atoms with Gasteiger partial charge in [-0.05, 0) is 32.1 Å². The molecule has 0 bridgehead atoms. The number of carbonyl (C=O) groups excluding carboxylic acids is 1. The minimum atomic E-state index is -0.313. The van der Waals surface area contributed by atoms with Gasteiger partial charge in [-0.2, -0.15) is 5.10 Å². The van der Waals surface area contributed by atoms with Crippen molar-refractivity contribution in [1.82, 2.24) is 20.1 Å². The van der Waals surface area contributed by atoms with Crippen LogP contribution in [-0.4, -0.2) is 27.8 Å². The zero-order valence-corrected chi connectivity index (χ0v) is 15.1. The van der Waals surface area contributed by atoms with Gasteiger partial charge in [0.2, 0.25) is 0 Å². The summed E-state index contributed by atoms with van der Waals surface area (Å²) in [5.41, 5.74) is 1.39. The molecule has 0 saturated carbocycles. The van der Waals surface area contributed by atoms with Crippen molar-refractivity contribution in [3.63, 3.8) is 0 Å². The van der Waals surface area contributed by atoms with Crippen molar-refractivity contribution >= 4 is 29.1 Å². The molecule has 0 saturated heterocycles. The first-order valence-electron chi connectivity index (χ1n) is 7.96. The van der Waals surface area contributed by atoms with Crippen LogP contribution in [0.5, 0.6) is 0 Å². The number of methoxy groups -OCH3 is 1. The lowest BCUT2D eigenvalue weighted by molar-refractivity contribution is 0.0917. The van der Waals surface area contributed by atoms with Crippen molar-refractivity contribution < 1.29 is 13.9 Å². The highest BCUT2D eigenvalue weighted by Gasteiger charge is 2.21. The SMILES string of the molecule is COCc1c(C(=O)NCc2n[nH]c(=S)n2C(C)C)oc2ccccc12. The number of ether oxygens (including phenoxy) is 1. The first-order valence-corrected chi connectivity index (χ1v) is 8.37. The number of amides is 1. The fourth-order valence-electron chi connectivity index (χ4n) is 2.80. The molecule has 0 unspecified atom stereocenters. The van der Waals surface area contributed by atoms with Gasteiger partial charge in [-0.3, -0.25) is 9.89 Å². The van der Waals surface area contributed by atoms with Gasteiger partial charge in [0.05, 0.1) is 13.2 Å². The van der Waals surface area contributed by atoms with E-state index in [2.05, 4.69) is 15.5 Å². The third-order valence-electron chi connectivity index (χ3n) is 3.89. The quantitative estimate of drug-likeness (QED) is 0.659. The Morgan fingerprint density at radius 1 is 1.44 bits per heavy atom. The second-order valence-electron chi connectivity index (χ2n) is 5.93. The number of hydrogen-bond acceptors (Lipinski definition) is 5. The lowest BCUT2D eigenvalue weighted by atomic mass is 10.1. The van der Waals surface area contributed by atoms with E-state index in [1.54, 1.807) is 7.11 Å². The molecular weight excluding hydrogens is 340 g/mol. The zero-order chi connectivity index (χ0) is 18.0. The number of benzene rings is 1. The maximum atomic E-state index is 12.6. The number of aromatic amines is 1. The summed E-state index contributed by atoms with van der Waals surface area (Å²) in [5.74, 6) is 0.610. The predicted octanol–water partition coefficient (Wildman–Crippen LogP) is 3.34. The lowest BCUT2D eigenvalue weighted by Crippen LogP contribution is -2.25. The third-order valence-corrected chi connectivity index (χ3v) is 4.18. The van der Waals surface area contributed by atoms with Gasteiger partial charge in [-0.25, -0.2) is 0 Å². The minimum absolute atomic E-state index is 0.147. The summed E-state index contributed by atoms with van der Waals surface area (Å²) in [4.78, 5) is 12.6. The molecule has 0 spiro atoms. The van der Waals surface area contributed by atoms with Gasteiger partial charge in [-0.1, -0.05) is 18.2 Å². The maximum absolute atomic E-state index is 12.6. The molecule has 0 aliphatic heterocycles. The molecule has 8 heteroatoms. The fraction of sp³-hybridized carbons (Fsp3) is 0.353. The van der Waals surface area contributed by atoms with E-state index in [4.69, 9.17) is 21.4 Å². The highest BCUT2D eigenvalue weighted by molar-refractivity contribution is 7.71. The largest absolute Gasteiger partial charge is 0.451 e. The minimum Gasteiger partial charge on any atom is -0.451 e. The fourth-order valence-corrected chi connectivity index (χ4v) is 3.17. The van der Waals surface area contributed by atoms with Gasteiger partial charge in [0.15, 0.2) is 16.4 Å². The van der Waals surface area contributed by atoms with E-state index in [1.165, 1.54) is 0 Å². The Kier molecular flexibility index (Phi) is 5.00. The van der Waals surface area contributed by atoms with Crippen LogP contribution in [0, 0.1) is 4.77 Å². The van der Waals surface area contributed by atoms with Gasteiger partial charge in [0, 0.05) is 24.1 Å². The predicted molar refractivity (Wildman–Crippen MR) is 95.9 cm³/mol. The Bertz CT molecular complexity index is 954. The molecule has 2 heterocycles. The number of para-hydroxylation sites is 1. The van der Waals surface area contributed by atoms with E-state index < -0.39 is 0 Å². The lowest BCUT2D eigenvalue weighted by Gasteiger charge is -2.10. The molecular formula is C17H20N4O3S. The van der Waals surface area contributed by atoms with Crippen LogP contribution in [0.2, 0.25) is 0 Å². The van der Waals surface area contributed by atoms with Crippen LogP contribution in [0.4, 0.5) is 0 Å². The number of carbonyl (C=O) groups is 1. The van der Waals surface area contributed by atoms with Crippen molar-refractivity contribution in [1.29, 1.82) is 0 Å². The average Bonchev–Trinajstić information content (AvgIpc) is 3.14. The smallest absolute Gasteiger partial charge is 0.287 e. The number of H-pyrrole nitrogens is 1. The number of fused-ring (bicyclic) bond motifs is 1. The Balaban J connectivity index is 1.86. The number of nitrogens with zero attached hydrogens (tertiary/aromatic N) is 2. The molecule has 1 amide bonds. The topological polar surface area (TPSA) is 85.1 Å².